The van der Waals surface area contributed by atoms with Crippen LogP contribution in [0.5, 0.6) is 0 Å². The van der Waals surface area contributed by atoms with E-state index in [1.165, 1.54) is 11.3 Å². The zero-order valence-corrected chi connectivity index (χ0v) is 12.4. The van der Waals surface area contributed by atoms with Crippen LogP contribution < -0.4 is 10.6 Å². The van der Waals surface area contributed by atoms with Crippen LogP contribution in [0, 0.1) is 0 Å². The van der Waals surface area contributed by atoms with Gasteiger partial charge in [0.2, 0.25) is 0 Å². The Hall–Kier alpha value is -1.43. The highest BCUT2D eigenvalue weighted by Gasteiger charge is 2.28. The summed E-state index contributed by atoms with van der Waals surface area (Å²) in [6.07, 6.45) is 1.50. The highest BCUT2D eigenvalue weighted by molar-refractivity contribution is 7.09. The number of carbonyl (C=O) groups excluding carboxylic acids is 1. The van der Waals surface area contributed by atoms with E-state index in [-0.39, 0.29) is 5.91 Å². The number of carbonyl (C=O) groups is 1. The smallest absolute Gasteiger partial charge is 0.277 e. The normalized spacial score (nSPS) is 13.6. The predicted molar refractivity (Wildman–Crippen MR) is 81.7 cm³/mol. The molecule has 0 fully saturated rings. The second kappa shape index (κ2) is 5.52. The molecule has 0 aliphatic carbocycles. The van der Waals surface area contributed by atoms with Gasteiger partial charge in [0, 0.05) is 29.1 Å². The van der Waals surface area contributed by atoms with Gasteiger partial charge in [0.25, 0.3) is 5.91 Å². The summed E-state index contributed by atoms with van der Waals surface area (Å²) in [5.74, 6) is -0.0643. The molecule has 0 radical (unpaired) electrons. The second-order valence-electron chi connectivity index (χ2n) is 4.61. The van der Waals surface area contributed by atoms with Gasteiger partial charge in [-0.25, -0.2) is 4.98 Å². The largest absolute Gasteiger partial charge is 0.330 e. The summed E-state index contributed by atoms with van der Waals surface area (Å²) in [5.41, 5.74) is 7.94. The van der Waals surface area contributed by atoms with Crippen LogP contribution in [0.4, 0.5) is 5.69 Å². The minimum Gasteiger partial charge on any atom is -0.330 e. The van der Waals surface area contributed by atoms with Crippen molar-refractivity contribution in [1.29, 1.82) is 0 Å². The van der Waals surface area contributed by atoms with Gasteiger partial charge in [-0.2, -0.15) is 0 Å². The highest BCUT2D eigenvalue weighted by atomic mass is 35.5. The van der Waals surface area contributed by atoms with E-state index in [1.807, 2.05) is 18.2 Å². The van der Waals surface area contributed by atoms with E-state index in [2.05, 4.69) is 4.98 Å². The summed E-state index contributed by atoms with van der Waals surface area (Å²) in [6, 6.07) is 5.66. The van der Waals surface area contributed by atoms with E-state index >= 15 is 0 Å². The number of thiazole rings is 1. The molecule has 1 aliphatic heterocycles. The van der Waals surface area contributed by atoms with Crippen LogP contribution in [0.25, 0.3) is 0 Å². The van der Waals surface area contributed by atoms with Crippen LogP contribution in [-0.2, 0) is 12.8 Å². The lowest BCUT2D eigenvalue weighted by molar-refractivity contribution is 0.0985. The highest BCUT2D eigenvalue weighted by Crippen LogP contribution is 2.34. The average molecular weight is 308 g/mol. The van der Waals surface area contributed by atoms with Crippen molar-refractivity contribution in [2.45, 2.75) is 12.8 Å². The van der Waals surface area contributed by atoms with Crippen LogP contribution in [0.2, 0.25) is 5.02 Å². The second-order valence-corrected chi connectivity index (χ2v) is 5.96. The molecule has 2 aromatic rings. The van der Waals surface area contributed by atoms with Crippen molar-refractivity contribution in [2.75, 3.05) is 18.0 Å². The third kappa shape index (κ3) is 2.32. The van der Waals surface area contributed by atoms with Crippen molar-refractivity contribution in [3.63, 3.8) is 0 Å². The summed E-state index contributed by atoms with van der Waals surface area (Å²) in [6.45, 7) is 1.20. The lowest BCUT2D eigenvalue weighted by atomic mass is 10.2. The Balaban J connectivity index is 1.87. The topological polar surface area (TPSA) is 59.2 Å². The molecule has 4 nitrogen and oxygen atoms in total. The lowest BCUT2D eigenvalue weighted by Gasteiger charge is -2.16. The van der Waals surface area contributed by atoms with Crippen LogP contribution in [0.3, 0.4) is 0 Å². The Kier molecular flexibility index (Phi) is 3.74. The Labute approximate surface area is 126 Å². The van der Waals surface area contributed by atoms with Gasteiger partial charge in [0.05, 0.1) is 5.01 Å². The molecule has 0 saturated heterocycles. The standard InChI is InChI=1S/C14H14ClN3OS/c15-10-2-1-3-12-9(10)5-7-18(12)14(19)11-8-20-13(17-11)4-6-16/h1-3,8H,4-7,16H2. The maximum absolute atomic E-state index is 12.5. The monoisotopic (exact) mass is 307 g/mol. The van der Waals surface area contributed by atoms with Crippen molar-refractivity contribution in [1.82, 2.24) is 4.98 Å². The molecule has 0 saturated carbocycles. The van der Waals surface area contributed by atoms with Crippen molar-refractivity contribution in [3.8, 4) is 0 Å². The van der Waals surface area contributed by atoms with Gasteiger partial charge in [0.1, 0.15) is 5.69 Å². The number of halogens is 1. The first-order chi connectivity index (χ1) is 9.70. The Morgan fingerprint density at radius 3 is 3.15 bits per heavy atom. The number of benzene rings is 1. The SMILES string of the molecule is NCCc1nc(C(=O)N2CCc3c(Cl)cccc32)cs1. The molecule has 1 aliphatic rings. The van der Waals surface area contributed by atoms with E-state index in [1.54, 1.807) is 10.3 Å². The molecule has 1 aromatic heterocycles. The zero-order valence-electron chi connectivity index (χ0n) is 10.8. The number of anilines is 1. The maximum atomic E-state index is 12.5. The Bertz CT molecular complexity index is 656. The number of nitrogens with two attached hydrogens (primary N) is 1. The van der Waals surface area contributed by atoms with Gasteiger partial charge in [0.15, 0.2) is 0 Å². The number of rotatable bonds is 3. The molecule has 0 atom stereocenters. The number of amides is 1. The molecule has 1 aromatic carbocycles. The first kappa shape index (κ1) is 13.5. The average Bonchev–Trinajstić information content (AvgIpc) is 3.06. The molecule has 0 bridgehead atoms. The molecule has 1 amide bonds. The maximum Gasteiger partial charge on any atom is 0.277 e. The minimum atomic E-state index is -0.0643. The van der Waals surface area contributed by atoms with Crippen molar-refractivity contribution in [3.05, 3.63) is 44.9 Å². The summed E-state index contributed by atoms with van der Waals surface area (Å²) < 4.78 is 0. The van der Waals surface area contributed by atoms with Crippen LogP contribution in [0.1, 0.15) is 21.1 Å². The van der Waals surface area contributed by atoms with Gasteiger partial charge in [-0.1, -0.05) is 17.7 Å². The summed E-state index contributed by atoms with van der Waals surface area (Å²) in [7, 11) is 0. The molecule has 3 rings (SSSR count). The minimum absolute atomic E-state index is 0.0643. The number of fused-ring (bicyclic) bond motifs is 1. The van der Waals surface area contributed by atoms with Crippen molar-refractivity contribution >= 4 is 34.5 Å². The van der Waals surface area contributed by atoms with Crippen molar-refractivity contribution < 1.29 is 4.79 Å². The first-order valence-corrected chi connectivity index (χ1v) is 7.70. The van der Waals surface area contributed by atoms with Gasteiger partial charge in [-0.05, 0) is 30.7 Å². The van der Waals surface area contributed by atoms with E-state index < -0.39 is 0 Å². The van der Waals surface area contributed by atoms with E-state index in [9.17, 15) is 4.79 Å². The Morgan fingerprint density at radius 2 is 2.35 bits per heavy atom. The van der Waals surface area contributed by atoms with E-state index in [0.717, 1.165) is 27.7 Å². The third-order valence-electron chi connectivity index (χ3n) is 3.34. The van der Waals surface area contributed by atoms with Crippen molar-refractivity contribution in [2.24, 2.45) is 5.73 Å². The first-order valence-electron chi connectivity index (χ1n) is 6.44. The van der Waals surface area contributed by atoms with Crippen LogP contribution >= 0.6 is 22.9 Å². The van der Waals surface area contributed by atoms with Gasteiger partial charge >= 0.3 is 0 Å². The van der Waals surface area contributed by atoms with Gasteiger partial charge in [-0.15, -0.1) is 11.3 Å². The number of hydrogen-bond acceptors (Lipinski definition) is 4. The molecular weight excluding hydrogens is 294 g/mol. The molecule has 0 spiro atoms. The molecule has 104 valence electrons. The predicted octanol–water partition coefficient (Wildman–Crippen LogP) is 2.50. The van der Waals surface area contributed by atoms with Crippen LogP contribution in [-0.4, -0.2) is 24.0 Å². The molecule has 6 heteroatoms. The van der Waals surface area contributed by atoms with Crippen LogP contribution in [0.15, 0.2) is 23.6 Å². The lowest BCUT2D eigenvalue weighted by Crippen LogP contribution is -2.29. The third-order valence-corrected chi connectivity index (χ3v) is 4.61. The zero-order chi connectivity index (χ0) is 14.1. The van der Waals surface area contributed by atoms with Gasteiger partial charge in [-0.3, -0.25) is 4.79 Å². The molecule has 20 heavy (non-hydrogen) atoms. The fraction of sp³-hybridized carbons (Fsp3) is 0.286. The summed E-state index contributed by atoms with van der Waals surface area (Å²) in [5, 5.41) is 3.43. The molecule has 2 N–H and O–H groups in total. The number of aromatic nitrogens is 1. The summed E-state index contributed by atoms with van der Waals surface area (Å²) in [4.78, 5) is 18.6. The Morgan fingerprint density at radius 1 is 1.50 bits per heavy atom. The quantitative estimate of drug-likeness (QED) is 0.948. The number of hydrogen-bond donors (Lipinski definition) is 1. The van der Waals surface area contributed by atoms with Gasteiger partial charge < -0.3 is 10.6 Å². The van der Waals surface area contributed by atoms with E-state index in [0.29, 0.717) is 25.2 Å². The molecule has 2 heterocycles. The molecule has 0 unspecified atom stereocenters. The fourth-order valence-corrected chi connectivity index (χ4v) is 3.44. The molecular formula is C14H14ClN3OS. The summed E-state index contributed by atoms with van der Waals surface area (Å²) >= 11 is 7.65. The fourth-order valence-electron chi connectivity index (χ4n) is 2.39. The van der Waals surface area contributed by atoms with E-state index in [4.69, 9.17) is 17.3 Å². The number of nitrogens with zero attached hydrogens (tertiary/aromatic N) is 2.